The van der Waals surface area contributed by atoms with Crippen molar-refractivity contribution in [1.82, 2.24) is 0 Å². The van der Waals surface area contributed by atoms with Crippen molar-refractivity contribution in [3.05, 3.63) is 103 Å². The van der Waals surface area contributed by atoms with Crippen molar-refractivity contribution >= 4 is 78.2 Å². The molecule has 2 aliphatic rings. The predicted octanol–water partition coefficient (Wildman–Crippen LogP) is 12.3. The molecule has 212 valence electrons. The molecule has 4 aromatic carbocycles. The quantitative estimate of drug-likeness (QED) is 0.0856. The SMILES string of the molecule is C[Si](C)(C)CCSc1ccc2c(c1)-c1cc(SCC[Si](C)(C)C)ccc1C21c2cc(Br)ccc2-c2ccc(I)cc21. The van der Waals surface area contributed by atoms with Gasteiger partial charge in [0.1, 0.15) is 0 Å². The summed E-state index contributed by atoms with van der Waals surface area (Å²) in [4.78, 5) is 2.80. The average Bonchev–Trinajstić information content (AvgIpc) is 3.32. The largest absolute Gasteiger partial charge is 0.126 e. The van der Waals surface area contributed by atoms with Crippen molar-refractivity contribution < 1.29 is 0 Å². The van der Waals surface area contributed by atoms with E-state index < -0.39 is 16.1 Å². The molecule has 0 amide bonds. The molecule has 1 spiro atoms. The van der Waals surface area contributed by atoms with Gasteiger partial charge in [-0.05, 0) is 139 Å². The first-order valence-corrected chi connectivity index (χ1v) is 25.8. The van der Waals surface area contributed by atoms with Gasteiger partial charge in [-0.3, -0.25) is 0 Å². The Morgan fingerprint density at radius 2 is 1.07 bits per heavy atom. The fraction of sp³-hybridized carbons (Fsp3) is 0.314. The fourth-order valence-electron chi connectivity index (χ4n) is 6.27. The van der Waals surface area contributed by atoms with E-state index in [1.807, 2.05) is 23.5 Å². The first-order chi connectivity index (χ1) is 19.4. The molecule has 0 saturated heterocycles. The van der Waals surface area contributed by atoms with Gasteiger partial charge in [0.25, 0.3) is 0 Å². The topological polar surface area (TPSA) is 0 Å². The lowest BCUT2D eigenvalue weighted by Crippen LogP contribution is -2.26. The molecule has 0 bridgehead atoms. The van der Waals surface area contributed by atoms with E-state index in [0.29, 0.717) is 0 Å². The molecule has 0 unspecified atom stereocenters. The van der Waals surface area contributed by atoms with Gasteiger partial charge >= 0.3 is 0 Å². The third-order valence-electron chi connectivity index (χ3n) is 8.38. The molecule has 4 aromatic rings. The summed E-state index contributed by atoms with van der Waals surface area (Å²) in [6.45, 7) is 14.9. The maximum atomic E-state index is 3.84. The van der Waals surface area contributed by atoms with Crippen LogP contribution in [0.1, 0.15) is 22.3 Å². The molecule has 0 aliphatic heterocycles. The van der Waals surface area contributed by atoms with Crippen LogP contribution in [0.5, 0.6) is 0 Å². The second-order valence-corrected chi connectivity index (χ2v) is 29.6. The molecule has 2 aliphatic carbocycles. The van der Waals surface area contributed by atoms with Crippen LogP contribution in [0.3, 0.4) is 0 Å². The van der Waals surface area contributed by atoms with Crippen molar-refractivity contribution in [3.63, 3.8) is 0 Å². The normalized spacial score (nSPS) is 14.6. The average molecular weight is 786 g/mol. The maximum absolute atomic E-state index is 3.84. The molecule has 6 heteroatoms. The van der Waals surface area contributed by atoms with Gasteiger partial charge in [0.15, 0.2) is 0 Å². The van der Waals surface area contributed by atoms with Crippen LogP contribution in [-0.4, -0.2) is 27.7 Å². The lowest BCUT2D eigenvalue weighted by molar-refractivity contribution is 0.791. The molecule has 41 heavy (non-hydrogen) atoms. The zero-order valence-electron chi connectivity index (χ0n) is 24.8. The van der Waals surface area contributed by atoms with Crippen molar-refractivity contribution in [1.29, 1.82) is 0 Å². The number of hydrogen-bond donors (Lipinski definition) is 0. The van der Waals surface area contributed by atoms with E-state index in [1.165, 1.54) is 81.5 Å². The summed E-state index contributed by atoms with van der Waals surface area (Å²) in [5, 5.41) is 0. The highest BCUT2D eigenvalue weighted by Crippen LogP contribution is 2.63. The van der Waals surface area contributed by atoms with Crippen LogP contribution in [0.15, 0.2) is 87.1 Å². The van der Waals surface area contributed by atoms with Gasteiger partial charge < -0.3 is 0 Å². The fourth-order valence-corrected chi connectivity index (χ4v) is 14.0. The Morgan fingerprint density at radius 3 is 1.59 bits per heavy atom. The van der Waals surface area contributed by atoms with Crippen molar-refractivity contribution in [2.45, 2.75) is 66.6 Å². The molecule has 0 radical (unpaired) electrons. The van der Waals surface area contributed by atoms with Gasteiger partial charge in [-0.15, -0.1) is 23.5 Å². The number of hydrogen-bond acceptors (Lipinski definition) is 2. The monoisotopic (exact) mass is 784 g/mol. The molecular weight excluding hydrogens is 747 g/mol. The molecule has 0 N–H and O–H groups in total. The zero-order valence-corrected chi connectivity index (χ0v) is 32.2. The molecule has 0 atom stereocenters. The van der Waals surface area contributed by atoms with Crippen molar-refractivity contribution in [2.24, 2.45) is 0 Å². The Balaban J connectivity index is 1.54. The summed E-state index contributed by atoms with van der Waals surface area (Å²) < 4.78 is 2.44. The molecule has 0 nitrogen and oxygen atoms in total. The Kier molecular flexibility index (Phi) is 8.34. The van der Waals surface area contributed by atoms with Crippen molar-refractivity contribution in [3.8, 4) is 22.3 Å². The molecule has 0 saturated carbocycles. The van der Waals surface area contributed by atoms with Crippen LogP contribution < -0.4 is 0 Å². The van der Waals surface area contributed by atoms with Gasteiger partial charge in [-0.1, -0.05) is 79.5 Å². The van der Waals surface area contributed by atoms with Crippen LogP contribution >= 0.6 is 62.0 Å². The Bertz CT molecular complexity index is 1530. The highest BCUT2D eigenvalue weighted by Gasteiger charge is 2.52. The summed E-state index contributed by atoms with van der Waals surface area (Å²) in [5.74, 6) is 2.41. The summed E-state index contributed by atoms with van der Waals surface area (Å²) in [6.07, 6.45) is 0. The lowest BCUT2D eigenvalue weighted by Gasteiger charge is -2.31. The van der Waals surface area contributed by atoms with Crippen LogP contribution in [-0.2, 0) is 5.41 Å². The number of benzene rings is 4. The molecule has 0 aromatic heterocycles. The third-order valence-corrected chi connectivity index (χ3v) is 15.8. The minimum atomic E-state index is -1.07. The predicted molar refractivity (Wildman–Crippen MR) is 201 cm³/mol. The Hall–Kier alpha value is -0.776. The lowest BCUT2D eigenvalue weighted by atomic mass is 9.70. The van der Waals surface area contributed by atoms with Crippen LogP contribution in [0.2, 0.25) is 51.4 Å². The van der Waals surface area contributed by atoms with E-state index in [9.17, 15) is 0 Å². The van der Waals surface area contributed by atoms with Gasteiger partial charge in [0.05, 0.1) is 5.41 Å². The summed E-state index contributed by atoms with van der Waals surface area (Å²) in [6, 6.07) is 31.4. The van der Waals surface area contributed by atoms with Gasteiger partial charge in [-0.25, -0.2) is 0 Å². The first kappa shape index (κ1) is 30.3. The maximum Gasteiger partial charge on any atom is 0.0726 e. The zero-order chi connectivity index (χ0) is 29.2. The molecule has 0 heterocycles. The molecule has 6 rings (SSSR count). The number of thioether (sulfide) groups is 2. The Morgan fingerprint density at radius 1 is 0.585 bits per heavy atom. The van der Waals surface area contributed by atoms with E-state index >= 15 is 0 Å². The third kappa shape index (κ3) is 5.75. The van der Waals surface area contributed by atoms with Gasteiger partial charge in [0.2, 0.25) is 0 Å². The molecular formula is C35H38BrIS2Si2. The second-order valence-electron chi connectivity index (χ2n) is 13.9. The summed E-state index contributed by atoms with van der Waals surface area (Å²) in [5.41, 5.74) is 11.0. The van der Waals surface area contributed by atoms with Crippen molar-refractivity contribution in [2.75, 3.05) is 11.5 Å². The summed E-state index contributed by atoms with van der Waals surface area (Å²) >= 11 is 10.4. The van der Waals surface area contributed by atoms with E-state index in [4.69, 9.17) is 0 Å². The minimum Gasteiger partial charge on any atom is -0.126 e. The number of halogens is 2. The van der Waals surface area contributed by atoms with E-state index in [-0.39, 0.29) is 5.41 Å². The van der Waals surface area contributed by atoms with E-state index in [1.54, 1.807) is 0 Å². The second kappa shape index (κ2) is 11.3. The molecule has 0 fully saturated rings. The van der Waals surface area contributed by atoms with Gasteiger partial charge in [-0.2, -0.15) is 0 Å². The smallest absolute Gasteiger partial charge is 0.0726 e. The number of rotatable bonds is 8. The highest BCUT2D eigenvalue weighted by atomic mass is 127. The Labute approximate surface area is 279 Å². The first-order valence-electron chi connectivity index (χ1n) is 14.5. The van der Waals surface area contributed by atoms with E-state index in [0.717, 1.165) is 4.47 Å². The van der Waals surface area contributed by atoms with E-state index in [2.05, 4.69) is 151 Å². The summed E-state index contributed by atoms with van der Waals surface area (Å²) in [7, 11) is -2.13. The van der Waals surface area contributed by atoms with Crippen LogP contribution in [0.4, 0.5) is 0 Å². The minimum absolute atomic E-state index is 0.288. The van der Waals surface area contributed by atoms with Gasteiger partial charge in [0, 0.05) is 34.0 Å². The number of fused-ring (bicyclic) bond motifs is 10. The van der Waals surface area contributed by atoms with Crippen LogP contribution in [0.25, 0.3) is 22.3 Å². The standard InChI is InChI=1S/C35H38BrIS2Si2/c1-40(2,3)17-15-38-25-9-13-31-29(21-25)30-22-26(39-16-18-41(4,5)6)10-14-32(30)35(31)33-19-23(36)7-11-27(33)28-12-8-24(37)20-34(28)35/h7-14,19-22H,15-18H2,1-6H3. The highest BCUT2D eigenvalue weighted by molar-refractivity contribution is 14.1. The van der Waals surface area contributed by atoms with Crippen LogP contribution in [0, 0.1) is 3.57 Å².